The molecule has 6 N–H and O–H groups in total. The Kier molecular flexibility index (Phi) is 6.36. The largest absolute Gasteiger partial charge is 0.593 e. The molecule has 0 saturated carbocycles. The lowest BCUT2D eigenvalue weighted by molar-refractivity contribution is -0.0556. The van der Waals surface area contributed by atoms with E-state index in [0.29, 0.717) is 0 Å². The molecule has 3 heterocycles. The molecule has 6 atom stereocenters. The van der Waals surface area contributed by atoms with E-state index in [-0.39, 0.29) is 10.3 Å². The Morgan fingerprint density at radius 3 is 2.45 bits per heavy atom. The molecular weight excluding hydrogens is 481 g/mol. The van der Waals surface area contributed by atoms with E-state index >= 15 is 0 Å². The summed E-state index contributed by atoms with van der Waals surface area (Å²) in [6.45, 7) is 0.678. The van der Waals surface area contributed by atoms with E-state index in [9.17, 15) is 38.8 Å². The first-order valence-corrected chi connectivity index (χ1v) is 12.5. The molecule has 0 amide bonds. The van der Waals surface area contributed by atoms with Gasteiger partial charge in [-0.1, -0.05) is 0 Å². The van der Waals surface area contributed by atoms with Crippen molar-refractivity contribution in [3.05, 3.63) is 26.9 Å². The van der Waals surface area contributed by atoms with Crippen molar-refractivity contribution >= 4 is 36.0 Å². The van der Waals surface area contributed by atoms with E-state index < -0.39 is 60.5 Å². The molecule has 2 saturated heterocycles. The molecule has 2 aliphatic rings. The van der Waals surface area contributed by atoms with Crippen LogP contribution in [-0.4, -0.2) is 59.4 Å². The molecule has 0 radical (unpaired) electrons. The van der Waals surface area contributed by atoms with E-state index in [2.05, 4.69) is 17.9 Å². The zero-order chi connectivity index (χ0) is 21.8. The third-order valence-corrected chi connectivity index (χ3v) is 9.52. The van der Waals surface area contributed by atoms with Gasteiger partial charge in [0.05, 0.1) is 0 Å². The standard InChI is InChI=1S/C10H15N2O13P3S/c1-4-2-12(10(29)11-8(4)15)9-7(14)6(13)5(22-9)3-21-28(20)24-26(16,17)23-27(18,19)25-28/h2,5-7,9,13-14,20H,3H2,1H3,(H2-,11,15,16,17,18,19,29)/p+1/t5-,6?,7+,9-/m1/s1. The van der Waals surface area contributed by atoms with Gasteiger partial charge in [-0.2, -0.15) is 9.20 Å². The van der Waals surface area contributed by atoms with Crippen LogP contribution < -0.4 is 5.56 Å². The SMILES string of the molecule is Cc1cn([C@@H]2O[C@H](CO[P+]3(O)OP(=O)(O)OP(=O)(O)O3)C(O)[C@@H]2O)c(=S)[nH]c1=O. The molecule has 3 rings (SSSR count). The second-order valence-corrected chi connectivity index (χ2v) is 11.4. The number of aliphatic hydroxyl groups is 2. The number of aromatic nitrogens is 2. The summed E-state index contributed by atoms with van der Waals surface area (Å²) in [5, 5.41) is 20.4. The average molecular weight is 497 g/mol. The van der Waals surface area contributed by atoms with Gasteiger partial charge in [0.1, 0.15) is 24.9 Å². The Hall–Kier alpha value is -0.410. The maximum Gasteiger partial charge on any atom is 0.593 e. The normalized spacial score (nSPS) is 42.8. The minimum Gasteiger partial charge on any atom is -0.387 e. The second kappa shape index (κ2) is 7.93. The van der Waals surface area contributed by atoms with Crippen molar-refractivity contribution in [2.75, 3.05) is 6.61 Å². The average Bonchev–Trinajstić information content (AvgIpc) is 2.81. The van der Waals surface area contributed by atoms with Crippen molar-refractivity contribution < 1.29 is 56.2 Å². The summed E-state index contributed by atoms with van der Waals surface area (Å²) >= 11 is 5.00. The molecule has 2 aliphatic heterocycles. The first kappa shape index (κ1) is 23.3. The lowest BCUT2D eigenvalue weighted by atomic mass is 10.1. The summed E-state index contributed by atoms with van der Waals surface area (Å²) in [5.41, 5.74) is -0.216. The van der Waals surface area contributed by atoms with Crippen molar-refractivity contribution in [3.63, 3.8) is 0 Å². The number of aliphatic hydroxyl groups excluding tert-OH is 2. The molecule has 19 heteroatoms. The van der Waals surface area contributed by atoms with Crippen LogP contribution in [0, 0.1) is 11.7 Å². The van der Waals surface area contributed by atoms with Gasteiger partial charge in [0, 0.05) is 11.8 Å². The monoisotopic (exact) mass is 497 g/mol. The van der Waals surface area contributed by atoms with E-state index in [1.54, 1.807) is 0 Å². The van der Waals surface area contributed by atoms with E-state index in [1.807, 2.05) is 0 Å². The number of hydrogen-bond acceptors (Lipinski definition) is 12. The van der Waals surface area contributed by atoms with Crippen molar-refractivity contribution in [1.82, 2.24) is 9.55 Å². The fraction of sp³-hybridized carbons (Fsp3) is 0.600. The lowest BCUT2D eigenvalue weighted by Crippen LogP contribution is -2.34. The van der Waals surface area contributed by atoms with E-state index in [0.717, 1.165) is 0 Å². The molecule has 2 fully saturated rings. The smallest absolute Gasteiger partial charge is 0.387 e. The highest BCUT2D eigenvalue weighted by Gasteiger charge is 2.66. The molecule has 29 heavy (non-hydrogen) atoms. The Morgan fingerprint density at radius 1 is 1.28 bits per heavy atom. The maximum absolute atomic E-state index is 11.6. The molecule has 0 aromatic carbocycles. The lowest BCUT2D eigenvalue weighted by Gasteiger charge is -2.24. The number of rotatable bonds is 4. The van der Waals surface area contributed by atoms with Gasteiger partial charge >= 0.3 is 23.8 Å². The van der Waals surface area contributed by atoms with Gasteiger partial charge in [-0.25, -0.2) is 9.13 Å². The Labute approximate surface area is 167 Å². The van der Waals surface area contributed by atoms with E-state index in [1.165, 1.54) is 17.7 Å². The van der Waals surface area contributed by atoms with Crippen LogP contribution in [-0.2, 0) is 31.3 Å². The summed E-state index contributed by atoms with van der Waals surface area (Å²) in [6, 6.07) is 0. The summed E-state index contributed by atoms with van der Waals surface area (Å²) in [4.78, 5) is 42.4. The van der Waals surface area contributed by atoms with Gasteiger partial charge in [-0.15, -0.1) is 4.52 Å². The summed E-state index contributed by atoms with van der Waals surface area (Å²) in [6.07, 6.45) is -4.50. The summed E-state index contributed by atoms with van der Waals surface area (Å²) in [5.74, 6) is 0. The number of aromatic amines is 1. The number of H-pyrrole nitrogens is 1. The third-order valence-electron chi connectivity index (χ3n) is 3.78. The molecule has 15 nitrogen and oxygen atoms in total. The molecule has 3 unspecified atom stereocenters. The molecule has 1 aromatic heterocycles. The highest BCUT2D eigenvalue weighted by Crippen LogP contribution is 2.83. The Morgan fingerprint density at radius 2 is 1.86 bits per heavy atom. The number of aryl methyl sites for hydroxylation is 1. The van der Waals surface area contributed by atoms with Crippen LogP contribution in [0.2, 0.25) is 0 Å². The quantitative estimate of drug-likeness (QED) is 0.234. The van der Waals surface area contributed by atoms with Crippen LogP contribution in [0.1, 0.15) is 11.8 Å². The van der Waals surface area contributed by atoms with Crippen LogP contribution in [0.3, 0.4) is 0 Å². The minimum atomic E-state index is -5.16. The van der Waals surface area contributed by atoms with Gasteiger partial charge < -0.3 is 14.9 Å². The highest BCUT2D eigenvalue weighted by atomic mass is 32.1. The van der Waals surface area contributed by atoms with Crippen LogP contribution >= 0.6 is 36.0 Å². The van der Waals surface area contributed by atoms with Gasteiger partial charge in [0.15, 0.2) is 11.0 Å². The molecule has 0 aliphatic carbocycles. The number of nitrogens with zero attached hydrogens (tertiary/aromatic N) is 1. The van der Waals surface area contributed by atoms with Gasteiger partial charge in [-0.3, -0.25) is 24.1 Å². The van der Waals surface area contributed by atoms with E-state index in [4.69, 9.17) is 21.5 Å². The van der Waals surface area contributed by atoms with Gasteiger partial charge in [-0.05, 0) is 27.8 Å². The third kappa shape index (κ3) is 5.09. The second-order valence-electron chi connectivity index (χ2n) is 5.97. The highest BCUT2D eigenvalue weighted by molar-refractivity contribution is 7.77. The topological polar surface area (TPSA) is 219 Å². The predicted molar refractivity (Wildman–Crippen MR) is 94.5 cm³/mol. The van der Waals surface area contributed by atoms with Crippen LogP contribution in [0.25, 0.3) is 0 Å². The predicted octanol–water partition coefficient (Wildman–Crippen LogP) is -0.216. The molecule has 1 aromatic rings. The summed E-state index contributed by atoms with van der Waals surface area (Å²) in [7, 11) is -15.1. The summed E-state index contributed by atoms with van der Waals surface area (Å²) < 4.78 is 46.3. The fourth-order valence-corrected chi connectivity index (χ4v) is 7.78. The molecular formula is C10H16N2O13P3S+. The Balaban J connectivity index is 1.75. The number of hydrogen-bond donors (Lipinski definition) is 6. The zero-order valence-corrected chi connectivity index (χ0v) is 17.8. The van der Waals surface area contributed by atoms with Crippen LogP contribution in [0.5, 0.6) is 0 Å². The molecule has 164 valence electrons. The fourth-order valence-electron chi connectivity index (χ4n) is 2.52. The van der Waals surface area contributed by atoms with Gasteiger partial charge in [0.2, 0.25) is 0 Å². The van der Waals surface area contributed by atoms with Gasteiger partial charge in [0.25, 0.3) is 5.56 Å². The first-order chi connectivity index (χ1) is 13.2. The molecule has 0 bridgehead atoms. The number of nitrogens with one attached hydrogen (secondary N) is 1. The maximum atomic E-state index is 11.6. The number of ether oxygens (including phenoxy) is 1. The molecule has 0 spiro atoms. The van der Waals surface area contributed by atoms with Crippen LogP contribution in [0.4, 0.5) is 0 Å². The van der Waals surface area contributed by atoms with Crippen molar-refractivity contribution in [3.8, 4) is 0 Å². The minimum absolute atomic E-state index is 0.108. The van der Waals surface area contributed by atoms with Crippen molar-refractivity contribution in [1.29, 1.82) is 0 Å². The van der Waals surface area contributed by atoms with Crippen molar-refractivity contribution in [2.24, 2.45) is 0 Å². The first-order valence-electron chi connectivity index (χ1n) is 7.61. The van der Waals surface area contributed by atoms with Crippen molar-refractivity contribution in [2.45, 2.75) is 31.5 Å². The zero-order valence-electron chi connectivity index (χ0n) is 14.3. The van der Waals surface area contributed by atoms with Crippen LogP contribution in [0.15, 0.2) is 11.0 Å². The number of phosphoric acid groups is 2. The Bertz CT molecular complexity index is 987.